The zero-order valence-electron chi connectivity index (χ0n) is 26.9. The Morgan fingerprint density at radius 3 is 1.67 bits per heavy atom. The van der Waals surface area contributed by atoms with E-state index in [1.165, 1.54) is 18.4 Å². The molecule has 0 aromatic rings. The molecule has 0 saturated heterocycles. The van der Waals surface area contributed by atoms with Crippen LogP contribution in [-0.2, 0) is 19.2 Å². The van der Waals surface area contributed by atoms with Crippen LogP contribution in [0.2, 0.25) is 0 Å². The highest BCUT2D eigenvalue weighted by Crippen LogP contribution is 2.66. The van der Waals surface area contributed by atoms with Crippen molar-refractivity contribution in [3.63, 3.8) is 0 Å². The Hall–Kier alpha value is -2.04. The lowest BCUT2D eigenvalue weighted by Crippen LogP contribution is -2.51. The molecule has 6 saturated carbocycles. The van der Waals surface area contributed by atoms with Crippen molar-refractivity contribution in [2.24, 2.45) is 57.2 Å². The van der Waals surface area contributed by atoms with Gasteiger partial charge < -0.3 is 5.11 Å². The lowest BCUT2D eigenvalue weighted by Gasteiger charge is -2.56. The van der Waals surface area contributed by atoms with Crippen molar-refractivity contribution in [2.45, 2.75) is 130 Å². The van der Waals surface area contributed by atoms with Gasteiger partial charge in [-0.05, 0) is 135 Å². The van der Waals surface area contributed by atoms with Gasteiger partial charge in [-0.2, -0.15) is 0 Å². The predicted molar refractivity (Wildman–Crippen MR) is 165 cm³/mol. The summed E-state index contributed by atoms with van der Waals surface area (Å²) in [5.41, 5.74) is 2.55. The molecule has 1 N–H and O–H groups in total. The second-order valence-corrected chi connectivity index (χ2v) is 16.9. The smallest absolute Gasteiger partial charge is 0.197 e. The molecule has 0 amide bonds. The van der Waals surface area contributed by atoms with E-state index in [0.29, 0.717) is 59.3 Å². The third kappa shape index (κ3) is 4.14. The zero-order chi connectivity index (χ0) is 30.5. The number of rotatable bonds is 0. The molecule has 0 aromatic heterocycles. The van der Waals surface area contributed by atoms with E-state index < -0.39 is 0 Å². The third-order valence-corrected chi connectivity index (χ3v) is 15.5. The summed E-state index contributed by atoms with van der Waals surface area (Å²) in [6.07, 6.45) is 17.3. The highest BCUT2D eigenvalue weighted by molar-refractivity contribution is 5.95. The van der Waals surface area contributed by atoms with Crippen LogP contribution in [0.5, 0.6) is 0 Å². The Bertz CT molecular complexity index is 1340. The molecule has 0 radical (unpaired) electrons. The SMILES string of the molecule is C[C@]12CCC(=O)C(O)=C1CC[C@@H]1[C@@H]2CC[C@]2(C)C(=O)CC[C@@H]12.C[C@]12CCC(=O)C=C1CC[C@@H]1[C@@H]2CC[C@]2(C)C(=O)CC[C@@H]12. The highest BCUT2D eigenvalue weighted by Gasteiger charge is 2.60. The number of aliphatic hydroxyl groups excluding tert-OH is 1. The minimum absolute atomic E-state index is 0.0200. The summed E-state index contributed by atoms with van der Waals surface area (Å²) in [5.74, 6) is 5.02. The maximum absolute atomic E-state index is 12.4. The molecule has 0 bridgehead atoms. The number of aliphatic hydroxyl groups is 1. The van der Waals surface area contributed by atoms with Crippen molar-refractivity contribution in [1.82, 2.24) is 0 Å². The first-order valence-corrected chi connectivity index (χ1v) is 17.6. The number of allylic oxidation sites excluding steroid dienone is 2. The molecule has 5 heteroatoms. The maximum atomic E-state index is 12.4. The summed E-state index contributed by atoms with van der Waals surface area (Å²) in [5, 5.41) is 10.3. The van der Waals surface area contributed by atoms with Gasteiger partial charge in [0.2, 0.25) is 0 Å². The average molecular weight is 589 g/mol. The Balaban J connectivity index is 0.000000140. The van der Waals surface area contributed by atoms with E-state index in [4.69, 9.17) is 0 Å². The van der Waals surface area contributed by atoms with Crippen molar-refractivity contribution < 1.29 is 24.3 Å². The number of hydrogen-bond acceptors (Lipinski definition) is 5. The summed E-state index contributed by atoms with van der Waals surface area (Å²) >= 11 is 0. The van der Waals surface area contributed by atoms with Crippen molar-refractivity contribution in [3.05, 3.63) is 23.0 Å². The lowest BCUT2D eigenvalue weighted by atomic mass is 9.47. The Morgan fingerprint density at radius 1 is 0.558 bits per heavy atom. The topological polar surface area (TPSA) is 88.5 Å². The van der Waals surface area contributed by atoms with E-state index >= 15 is 0 Å². The Morgan fingerprint density at radius 2 is 1.07 bits per heavy atom. The fraction of sp³-hybridized carbons (Fsp3) is 0.789. The van der Waals surface area contributed by atoms with Crippen LogP contribution in [0.25, 0.3) is 0 Å². The third-order valence-electron chi connectivity index (χ3n) is 15.5. The Labute approximate surface area is 257 Å². The van der Waals surface area contributed by atoms with E-state index in [-0.39, 0.29) is 33.2 Å². The molecule has 10 atom stereocenters. The van der Waals surface area contributed by atoms with E-state index in [9.17, 15) is 24.3 Å². The van der Waals surface area contributed by atoms with Crippen molar-refractivity contribution in [1.29, 1.82) is 0 Å². The van der Waals surface area contributed by atoms with Crippen LogP contribution < -0.4 is 0 Å². The molecule has 0 aliphatic heterocycles. The summed E-state index contributed by atoms with van der Waals surface area (Å²) in [6.45, 7) is 9.10. The first-order chi connectivity index (χ1) is 20.3. The highest BCUT2D eigenvalue weighted by atomic mass is 16.3. The van der Waals surface area contributed by atoms with Gasteiger partial charge in [0.05, 0.1) is 0 Å². The number of carbonyl (C=O) groups excluding carboxylic acids is 4. The molecule has 234 valence electrons. The molecule has 8 rings (SSSR count). The second kappa shape index (κ2) is 9.98. The molecule has 8 aliphatic rings. The number of Topliss-reactive ketones (excluding diaryl/α,β-unsaturated/α-hetero) is 3. The summed E-state index contributed by atoms with van der Waals surface area (Å²) in [4.78, 5) is 48.4. The molecular weight excluding hydrogens is 536 g/mol. The standard InChI is InChI=1S/C19H26O3.C19H26O2/c1-18-10-8-15(20)17(22)14(18)4-3-11-12-5-6-16(21)19(12,2)9-7-13(11)18;1-18-9-7-13(20)11-12(18)3-4-14-15-5-6-17(21)19(15,2)10-8-16(14)18/h11-13,22H,3-10H2,1-2H3;11,14-16H,3-10H2,1-2H3/t11-,12-,13-,18+,19-;14-,15-,16-,18-,19-/m00/s1. The summed E-state index contributed by atoms with van der Waals surface area (Å²) in [7, 11) is 0. The quantitative estimate of drug-likeness (QED) is 0.309. The van der Waals surface area contributed by atoms with Crippen LogP contribution in [-0.4, -0.2) is 28.2 Å². The molecule has 43 heavy (non-hydrogen) atoms. The predicted octanol–water partition coefficient (Wildman–Crippen LogP) is 8.06. The largest absolute Gasteiger partial charge is 0.504 e. The fourth-order valence-electron chi connectivity index (χ4n) is 12.8. The van der Waals surface area contributed by atoms with Gasteiger partial charge in [-0.1, -0.05) is 33.3 Å². The number of carbonyl (C=O) groups is 4. The van der Waals surface area contributed by atoms with Gasteiger partial charge in [0.15, 0.2) is 17.3 Å². The maximum Gasteiger partial charge on any atom is 0.197 e. The normalized spacial score (nSPS) is 48.6. The fourth-order valence-corrected chi connectivity index (χ4v) is 12.8. The number of ketones is 4. The molecular formula is C38H52O5. The molecule has 8 aliphatic carbocycles. The minimum atomic E-state index is -0.0920. The van der Waals surface area contributed by atoms with E-state index in [2.05, 4.69) is 27.7 Å². The average Bonchev–Trinajstić information content (AvgIpc) is 3.46. The van der Waals surface area contributed by atoms with E-state index in [0.717, 1.165) is 89.0 Å². The molecule has 0 heterocycles. The second-order valence-electron chi connectivity index (χ2n) is 16.9. The lowest BCUT2D eigenvalue weighted by molar-refractivity contribution is -0.133. The van der Waals surface area contributed by atoms with Gasteiger partial charge in [0.25, 0.3) is 0 Å². The van der Waals surface area contributed by atoms with Crippen LogP contribution in [0.15, 0.2) is 23.0 Å². The number of fused-ring (bicyclic) bond motifs is 10. The van der Waals surface area contributed by atoms with Crippen molar-refractivity contribution in [2.75, 3.05) is 0 Å². The van der Waals surface area contributed by atoms with Gasteiger partial charge in [0.1, 0.15) is 11.6 Å². The summed E-state index contributed by atoms with van der Waals surface area (Å²) < 4.78 is 0. The molecule has 5 nitrogen and oxygen atoms in total. The summed E-state index contributed by atoms with van der Waals surface area (Å²) in [6, 6.07) is 0. The van der Waals surface area contributed by atoms with E-state index in [1.807, 2.05) is 6.08 Å². The van der Waals surface area contributed by atoms with Gasteiger partial charge in [-0.15, -0.1) is 0 Å². The zero-order valence-corrected chi connectivity index (χ0v) is 26.9. The van der Waals surface area contributed by atoms with Crippen molar-refractivity contribution in [3.8, 4) is 0 Å². The number of hydrogen-bond donors (Lipinski definition) is 1. The first kappa shape index (κ1) is 29.7. The molecule has 0 unspecified atom stereocenters. The van der Waals surface area contributed by atoms with Gasteiger partial charge in [-0.25, -0.2) is 0 Å². The van der Waals surface area contributed by atoms with Crippen molar-refractivity contribution >= 4 is 23.1 Å². The van der Waals surface area contributed by atoms with Crippen LogP contribution in [0.1, 0.15) is 130 Å². The van der Waals surface area contributed by atoms with Gasteiger partial charge in [0, 0.05) is 36.5 Å². The first-order valence-electron chi connectivity index (χ1n) is 17.6. The van der Waals surface area contributed by atoms with Gasteiger partial charge in [-0.3, -0.25) is 19.2 Å². The molecule has 0 spiro atoms. The molecule has 0 aromatic carbocycles. The minimum Gasteiger partial charge on any atom is -0.504 e. The van der Waals surface area contributed by atoms with Crippen LogP contribution >= 0.6 is 0 Å². The van der Waals surface area contributed by atoms with Crippen LogP contribution in [0.4, 0.5) is 0 Å². The van der Waals surface area contributed by atoms with Crippen LogP contribution in [0, 0.1) is 57.2 Å². The van der Waals surface area contributed by atoms with E-state index in [1.54, 1.807) is 0 Å². The Kier molecular flexibility index (Phi) is 6.88. The monoisotopic (exact) mass is 588 g/mol. The molecule has 6 fully saturated rings. The van der Waals surface area contributed by atoms with Crippen LogP contribution in [0.3, 0.4) is 0 Å². The van der Waals surface area contributed by atoms with Gasteiger partial charge >= 0.3 is 0 Å².